The molecule has 3 rings (SSSR count). The highest BCUT2D eigenvalue weighted by atomic mass is 32.1. The molecular formula is C12H14S. The number of thiol groups is 1. The smallest absolute Gasteiger partial charge is 0.0110 e. The standard InChI is InChI=1S/C12H14S/c13-12-10-5-1-3-8(10)7-9-4-2-6-11(9)12/h7,13H,1-6H2. The number of hydrogen-bond acceptors (Lipinski definition) is 1. The summed E-state index contributed by atoms with van der Waals surface area (Å²) >= 11 is 4.69. The van der Waals surface area contributed by atoms with E-state index in [-0.39, 0.29) is 0 Å². The van der Waals surface area contributed by atoms with Crippen LogP contribution in [0.25, 0.3) is 0 Å². The Kier molecular flexibility index (Phi) is 1.69. The first-order valence-electron chi connectivity index (χ1n) is 5.22. The van der Waals surface area contributed by atoms with Crippen LogP contribution in [0.4, 0.5) is 0 Å². The lowest BCUT2D eigenvalue weighted by Gasteiger charge is -2.09. The second kappa shape index (κ2) is 2.78. The van der Waals surface area contributed by atoms with E-state index in [1.165, 1.54) is 43.4 Å². The molecule has 2 aliphatic rings. The zero-order valence-corrected chi connectivity index (χ0v) is 8.66. The number of fused-ring (bicyclic) bond motifs is 2. The van der Waals surface area contributed by atoms with Gasteiger partial charge in [0, 0.05) is 4.90 Å². The molecule has 1 heteroatoms. The van der Waals surface area contributed by atoms with Gasteiger partial charge in [0.2, 0.25) is 0 Å². The fourth-order valence-corrected chi connectivity index (χ4v) is 3.30. The Morgan fingerprint density at radius 2 is 1.38 bits per heavy atom. The van der Waals surface area contributed by atoms with Crippen LogP contribution >= 0.6 is 12.6 Å². The van der Waals surface area contributed by atoms with Crippen molar-refractivity contribution in [2.75, 3.05) is 0 Å². The molecule has 13 heavy (non-hydrogen) atoms. The minimum Gasteiger partial charge on any atom is -0.143 e. The SMILES string of the molecule is Sc1c2c(cc3c1CCC3)CCC2. The van der Waals surface area contributed by atoms with Gasteiger partial charge in [0.05, 0.1) is 0 Å². The van der Waals surface area contributed by atoms with Crippen LogP contribution in [0.1, 0.15) is 35.1 Å². The van der Waals surface area contributed by atoms with Crippen molar-refractivity contribution < 1.29 is 0 Å². The molecule has 0 bridgehead atoms. The van der Waals surface area contributed by atoms with Crippen molar-refractivity contribution in [2.24, 2.45) is 0 Å². The van der Waals surface area contributed by atoms with Crippen molar-refractivity contribution in [3.63, 3.8) is 0 Å². The van der Waals surface area contributed by atoms with Gasteiger partial charge in [0.1, 0.15) is 0 Å². The van der Waals surface area contributed by atoms with Gasteiger partial charge in [-0.25, -0.2) is 0 Å². The molecule has 0 aliphatic heterocycles. The van der Waals surface area contributed by atoms with E-state index in [1.54, 1.807) is 22.3 Å². The summed E-state index contributed by atoms with van der Waals surface area (Å²) in [5.74, 6) is 0. The molecule has 0 fully saturated rings. The van der Waals surface area contributed by atoms with Crippen LogP contribution < -0.4 is 0 Å². The molecule has 0 heterocycles. The normalized spacial score (nSPS) is 18.8. The van der Waals surface area contributed by atoms with Gasteiger partial charge in [-0.05, 0) is 60.8 Å². The van der Waals surface area contributed by atoms with E-state index in [4.69, 9.17) is 12.6 Å². The molecule has 0 aromatic heterocycles. The molecule has 2 aliphatic carbocycles. The summed E-state index contributed by atoms with van der Waals surface area (Å²) in [6.07, 6.45) is 7.78. The van der Waals surface area contributed by atoms with Crippen LogP contribution in [0.15, 0.2) is 11.0 Å². The predicted molar refractivity (Wildman–Crippen MR) is 57.7 cm³/mol. The van der Waals surface area contributed by atoms with E-state index in [0.717, 1.165) is 0 Å². The largest absolute Gasteiger partial charge is 0.143 e. The van der Waals surface area contributed by atoms with E-state index >= 15 is 0 Å². The van der Waals surface area contributed by atoms with Crippen molar-refractivity contribution in [1.29, 1.82) is 0 Å². The Labute approximate surface area is 84.8 Å². The molecule has 0 saturated carbocycles. The maximum absolute atomic E-state index is 4.69. The highest BCUT2D eigenvalue weighted by Gasteiger charge is 2.21. The third-order valence-electron chi connectivity index (χ3n) is 3.44. The highest BCUT2D eigenvalue weighted by Crippen LogP contribution is 2.36. The van der Waals surface area contributed by atoms with E-state index in [1.807, 2.05) is 0 Å². The van der Waals surface area contributed by atoms with Gasteiger partial charge in [-0.3, -0.25) is 0 Å². The lowest BCUT2D eigenvalue weighted by molar-refractivity contribution is 0.886. The first-order valence-corrected chi connectivity index (χ1v) is 5.66. The first-order chi connectivity index (χ1) is 6.36. The summed E-state index contributed by atoms with van der Waals surface area (Å²) in [6.45, 7) is 0. The zero-order valence-electron chi connectivity index (χ0n) is 7.77. The number of hydrogen-bond donors (Lipinski definition) is 1. The molecule has 1 aromatic rings. The van der Waals surface area contributed by atoms with E-state index in [9.17, 15) is 0 Å². The molecule has 68 valence electrons. The molecule has 0 saturated heterocycles. The molecule has 0 atom stereocenters. The van der Waals surface area contributed by atoms with Crippen LogP contribution in [-0.4, -0.2) is 0 Å². The van der Waals surface area contributed by atoms with Crippen LogP contribution in [-0.2, 0) is 25.7 Å². The third-order valence-corrected chi connectivity index (χ3v) is 3.98. The average molecular weight is 190 g/mol. The maximum Gasteiger partial charge on any atom is 0.0110 e. The molecule has 0 spiro atoms. The summed E-state index contributed by atoms with van der Waals surface area (Å²) in [5.41, 5.74) is 6.30. The van der Waals surface area contributed by atoms with Crippen LogP contribution in [0, 0.1) is 0 Å². The van der Waals surface area contributed by atoms with Crippen LogP contribution in [0.3, 0.4) is 0 Å². The van der Waals surface area contributed by atoms with Gasteiger partial charge < -0.3 is 0 Å². The van der Waals surface area contributed by atoms with Gasteiger partial charge in [0.25, 0.3) is 0 Å². The lowest BCUT2D eigenvalue weighted by Crippen LogP contribution is -1.92. The van der Waals surface area contributed by atoms with Crippen molar-refractivity contribution in [3.8, 4) is 0 Å². The monoisotopic (exact) mass is 190 g/mol. The fraction of sp³-hybridized carbons (Fsp3) is 0.500. The highest BCUT2D eigenvalue weighted by molar-refractivity contribution is 7.80. The summed E-state index contributed by atoms with van der Waals surface area (Å²) in [6, 6.07) is 2.45. The van der Waals surface area contributed by atoms with Crippen molar-refractivity contribution in [3.05, 3.63) is 28.3 Å². The predicted octanol–water partition coefficient (Wildman–Crippen LogP) is 2.95. The van der Waals surface area contributed by atoms with Gasteiger partial charge >= 0.3 is 0 Å². The minimum absolute atomic E-state index is 1.27. The molecule has 0 amide bonds. The van der Waals surface area contributed by atoms with Crippen molar-refractivity contribution >= 4 is 12.6 Å². The van der Waals surface area contributed by atoms with E-state index in [0.29, 0.717) is 0 Å². The Morgan fingerprint density at radius 3 is 1.92 bits per heavy atom. The van der Waals surface area contributed by atoms with Gasteiger partial charge in [0.15, 0.2) is 0 Å². The number of rotatable bonds is 0. The van der Waals surface area contributed by atoms with E-state index in [2.05, 4.69) is 6.07 Å². The molecule has 0 N–H and O–H groups in total. The molecule has 1 aromatic carbocycles. The minimum atomic E-state index is 1.27. The summed E-state index contributed by atoms with van der Waals surface area (Å²) in [7, 11) is 0. The maximum atomic E-state index is 4.69. The lowest BCUT2D eigenvalue weighted by atomic mass is 10.0. The van der Waals surface area contributed by atoms with Crippen LogP contribution in [0.2, 0.25) is 0 Å². The van der Waals surface area contributed by atoms with Crippen molar-refractivity contribution in [1.82, 2.24) is 0 Å². The second-order valence-corrected chi connectivity index (χ2v) is 4.65. The molecular weight excluding hydrogens is 176 g/mol. The van der Waals surface area contributed by atoms with Crippen molar-refractivity contribution in [2.45, 2.75) is 43.4 Å². The number of aryl methyl sites for hydroxylation is 2. The summed E-state index contributed by atoms with van der Waals surface area (Å²) < 4.78 is 0. The molecule has 0 unspecified atom stereocenters. The zero-order chi connectivity index (χ0) is 8.84. The third kappa shape index (κ3) is 1.06. The second-order valence-electron chi connectivity index (χ2n) is 4.21. The first kappa shape index (κ1) is 7.93. The van der Waals surface area contributed by atoms with Gasteiger partial charge in [-0.2, -0.15) is 0 Å². The summed E-state index contributed by atoms with van der Waals surface area (Å²) in [5, 5.41) is 0. The van der Waals surface area contributed by atoms with Crippen LogP contribution in [0.5, 0.6) is 0 Å². The summed E-state index contributed by atoms with van der Waals surface area (Å²) in [4.78, 5) is 1.34. The quantitative estimate of drug-likeness (QED) is 0.597. The Morgan fingerprint density at radius 1 is 0.846 bits per heavy atom. The molecule has 0 nitrogen and oxygen atoms in total. The fourth-order valence-electron chi connectivity index (χ4n) is 2.79. The van der Waals surface area contributed by atoms with Gasteiger partial charge in [-0.1, -0.05) is 6.07 Å². The van der Waals surface area contributed by atoms with Gasteiger partial charge in [-0.15, -0.1) is 12.6 Å². The molecule has 0 radical (unpaired) electrons. The Bertz CT molecular complexity index is 334. The average Bonchev–Trinajstić information content (AvgIpc) is 2.71. The Balaban J connectivity index is 2.26. The Hall–Kier alpha value is -0.430. The number of benzene rings is 1. The van der Waals surface area contributed by atoms with E-state index < -0.39 is 0 Å². The topological polar surface area (TPSA) is 0 Å².